The zero-order valence-electron chi connectivity index (χ0n) is 19.9. The summed E-state index contributed by atoms with van der Waals surface area (Å²) in [6, 6.07) is 22.7. The number of para-hydroxylation sites is 1. The number of aromatic amines is 1. The predicted octanol–water partition coefficient (Wildman–Crippen LogP) is 4.04. The summed E-state index contributed by atoms with van der Waals surface area (Å²) >= 11 is 0. The largest absolute Gasteiger partial charge is 0.361 e. The molecule has 0 bridgehead atoms. The summed E-state index contributed by atoms with van der Waals surface area (Å²) in [5.41, 5.74) is 3.47. The predicted molar refractivity (Wildman–Crippen MR) is 138 cm³/mol. The van der Waals surface area contributed by atoms with Gasteiger partial charge in [-0.1, -0.05) is 48.5 Å². The van der Waals surface area contributed by atoms with E-state index < -0.39 is 17.8 Å². The van der Waals surface area contributed by atoms with Gasteiger partial charge in [-0.2, -0.15) is 0 Å². The van der Waals surface area contributed by atoms with Crippen molar-refractivity contribution in [1.82, 2.24) is 20.5 Å². The first-order valence-electron chi connectivity index (χ1n) is 12.2. The van der Waals surface area contributed by atoms with Crippen molar-refractivity contribution in [3.8, 4) is 0 Å². The summed E-state index contributed by atoms with van der Waals surface area (Å²) < 4.78 is 13.3. The quantitative estimate of drug-likeness (QED) is 0.353. The van der Waals surface area contributed by atoms with E-state index in [1.165, 1.54) is 29.8 Å². The lowest BCUT2D eigenvalue weighted by atomic mass is 10.0. The molecule has 1 aliphatic heterocycles. The minimum Gasteiger partial charge on any atom is -0.361 e. The first-order chi connectivity index (χ1) is 17.5. The second-order valence-electron chi connectivity index (χ2n) is 9.31. The summed E-state index contributed by atoms with van der Waals surface area (Å²) in [5.74, 6) is -1.05. The van der Waals surface area contributed by atoms with Crippen LogP contribution < -0.4 is 10.6 Å². The van der Waals surface area contributed by atoms with Crippen LogP contribution in [0.1, 0.15) is 27.9 Å². The molecule has 2 atom stereocenters. The van der Waals surface area contributed by atoms with Crippen molar-refractivity contribution in [2.75, 3.05) is 13.1 Å². The Kier molecular flexibility index (Phi) is 7.09. The van der Waals surface area contributed by atoms with Crippen molar-refractivity contribution in [3.63, 3.8) is 0 Å². The molecule has 0 aliphatic carbocycles. The van der Waals surface area contributed by atoms with Crippen LogP contribution in [0.3, 0.4) is 0 Å². The number of hydrogen-bond donors (Lipinski definition) is 3. The van der Waals surface area contributed by atoms with Gasteiger partial charge in [0.05, 0.1) is 0 Å². The number of nitrogens with zero attached hydrogens (tertiary/aromatic N) is 1. The summed E-state index contributed by atoms with van der Waals surface area (Å²) in [5, 5.41) is 7.05. The van der Waals surface area contributed by atoms with Crippen molar-refractivity contribution in [2.24, 2.45) is 0 Å². The molecule has 1 fully saturated rings. The van der Waals surface area contributed by atoms with Crippen LogP contribution in [0.25, 0.3) is 10.9 Å². The highest BCUT2D eigenvalue weighted by molar-refractivity contribution is 5.98. The first-order valence-corrected chi connectivity index (χ1v) is 12.2. The van der Waals surface area contributed by atoms with Crippen LogP contribution in [0.4, 0.5) is 4.39 Å². The number of rotatable bonds is 8. The molecule has 0 saturated carbocycles. The average Bonchev–Trinajstić information content (AvgIpc) is 3.51. The fourth-order valence-electron chi connectivity index (χ4n) is 4.81. The van der Waals surface area contributed by atoms with Gasteiger partial charge in [0.2, 0.25) is 5.91 Å². The number of hydrogen-bond acceptors (Lipinski definition) is 3. The molecule has 2 heterocycles. The van der Waals surface area contributed by atoms with E-state index in [0.717, 1.165) is 42.5 Å². The second-order valence-corrected chi connectivity index (χ2v) is 9.31. The van der Waals surface area contributed by atoms with Crippen molar-refractivity contribution < 1.29 is 14.0 Å². The third-order valence-corrected chi connectivity index (χ3v) is 6.69. The van der Waals surface area contributed by atoms with Gasteiger partial charge in [0.1, 0.15) is 11.9 Å². The van der Waals surface area contributed by atoms with Crippen LogP contribution >= 0.6 is 0 Å². The number of aromatic nitrogens is 1. The van der Waals surface area contributed by atoms with Crippen LogP contribution in [-0.4, -0.2) is 46.9 Å². The lowest BCUT2D eigenvalue weighted by Gasteiger charge is -2.22. The van der Waals surface area contributed by atoms with Crippen LogP contribution in [0.2, 0.25) is 0 Å². The zero-order valence-corrected chi connectivity index (χ0v) is 19.9. The number of fused-ring (bicyclic) bond motifs is 1. The van der Waals surface area contributed by atoms with Crippen LogP contribution in [0.5, 0.6) is 0 Å². The van der Waals surface area contributed by atoms with E-state index in [9.17, 15) is 14.0 Å². The van der Waals surface area contributed by atoms with Crippen LogP contribution in [0, 0.1) is 5.82 Å². The molecule has 5 rings (SSSR count). The van der Waals surface area contributed by atoms with E-state index in [4.69, 9.17) is 0 Å². The van der Waals surface area contributed by atoms with Gasteiger partial charge in [-0.05, 0) is 47.9 Å². The Labute approximate surface area is 209 Å². The second kappa shape index (κ2) is 10.7. The van der Waals surface area contributed by atoms with E-state index in [2.05, 4.69) is 32.7 Å². The number of halogens is 1. The Morgan fingerprint density at radius 3 is 2.56 bits per heavy atom. The molecule has 0 unspecified atom stereocenters. The minimum absolute atomic E-state index is 0.00871. The van der Waals surface area contributed by atoms with Crippen molar-refractivity contribution >= 4 is 22.7 Å². The van der Waals surface area contributed by atoms with Crippen molar-refractivity contribution in [1.29, 1.82) is 0 Å². The fourth-order valence-corrected chi connectivity index (χ4v) is 4.81. The standard InChI is InChI=1S/C29H29FN4O2/c30-23-12-10-21(11-13-23)28(35)33-27(16-22-17-31-26-9-5-4-8-25(22)26)29(36)32-24-14-15-34(19-24)18-20-6-2-1-3-7-20/h1-13,17,24,27,31H,14-16,18-19H2,(H,32,36)(H,33,35)/t24-,27-/m0/s1. The molecule has 4 aromatic rings. The van der Waals surface area contributed by atoms with Gasteiger partial charge < -0.3 is 15.6 Å². The molecule has 6 nitrogen and oxygen atoms in total. The van der Waals surface area contributed by atoms with E-state index in [-0.39, 0.29) is 11.9 Å². The summed E-state index contributed by atoms with van der Waals surface area (Å²) in [7, 11) is 0. The molecule has 1 aliphatic rings. The Morgan fingerprint density at radius 1 is 1.00 bits per heavy atom. The highest BCUT2D eigenvalue weighted by Crippen LogP contribution is 2.20. The monoisotopic (exact) mass is 484 g/mol. The van der Waals surface area contributed by atoms with Gasteiger partial charge in [0.15, 0.2) is 0 Å². The average molecular weight is 485 g/mol. The summed E-state index contributed by atoms with van der Waals surface area (Å²) in [4.78, 5) is 31.9. The van der Waals surface area contributed by atoms with Crippen LogP contribution in [-0.2, 0) is 17.8 Å². The Balaban J connectivity index is 1.29. The molecule has 2 amide bonds. The molecule has 1 saturated heterocycles. The van der Waals surface area contributed by atoms with E-state index in [0.29, 0.717) is 12.0 Å². The highest BCUT2D eigenvalue weighted by atomic mass is 19.1. The number of carbonyl (C=O) groups is 2. The maximum atomic E-state index is 13.4. The molecule has 7 heteroatoms. The first kappa shape index (κ1) is 23.8. The Bertz CT molecular complexity index is 1340. The minimum atomic E-state index is -0.773. The van der Waals surface area contributed by atoms with Gasteiger partial charge in [-0.15, -0.1) is 0 Å². The maximum absolute atomic E-state index is 13.4. The lowest BCUT2D eigenvalue weighted by molar-refractivity contribution is -0.123. The van der Waals surface area contributed by atoms with Crippen LogP contribution in [0.15, 0.2) is 85.1 Å². The SMILES string of the molecule is O=C(N[C@@H](Cc1c[nH]c2ccccc12)C(=O)N[C@H]1CCN(Cc2ccccc2)C1)c1ccc(F)cc1. The maximum Gasteiger partial charge on any atom is 0.251 e. The summed E-state index contributed by atoms with van der Waals surface area (Å²) in [6.45, 7) is 2.49. The Hall–Kier alpha value is -3.97. The van der Waals surface area contributed by atoms with E-state index >= 15 is 0 Å². The number of likely N-dealkylation sites (tertiary alicyclic amines) is 1. The molecule has 36 heavy (non-hydrogen) atoms. The number of H-pyrrole nitrogens is 1. The number of benzene rings is 3. The fraction of sp³-hybridized carbons (Fsp3) is 0.241. The Morgan fingerprint density at radius 2 is 1.75 bits per heavy atom. The zero-order chi connectivity index (χ0) is 24.9. The van der Waals surface area contributed by atoms with Crippen molar-refractivity contribution in [3.05, 3.63) is 108 Å². The van der Waals surface area contributed by atoms with Gasteiger partial charge in [-0.3, -0.25) is 14.5 Å². The van der Waals surface area contributed by atoms with E-state index in [1.54, 1.807) is 0 Å². The summed E-state index contributed by atoms with van der Waals surface area (Å²) in [6.07, 6.45) is 3.07. The lowest BCUT2D eigenvalue weighted by Crippen LogP contribution is -2.51. The van der Waals surface area contributed by atoms with Gasteiger partial charge in [-0.25, -0.2) is 4.39 Å². The molecule has 0 spiro atoms. The van der Waals surface area contributed by atoms with Gasteiger partial charge in [0, 0.05) is 54.8 Å². The molecule has 3 N–H and O–H groups in total. The molecule has 0 radical (unpaired) electrons. The molecule has 3 aromatic carbocycles. The van der Waals surface area contributed by atoms with Gasteiger partial charge in [0.25, 0.3) is 5.91 Å². The van der Waals surface area contributed by atoms with Crippen molar-refractivity contribution in [2.45, 2.75) is 31.5 Å². The number of carbonyl (C=O) groups excluding carboxylic acids is 2. The third kappa shape index (κ3) is 5.63. The van der Waals surface area contributed by atoms with E-state index in [1.807, 2.05) is 48.7 Å². The number of amides is 2. The molecular weight excluding hydrogens is 455 g/mol. The smallest absolute Gasteiger partial charge is 0.251 e. The molecule has 1 aromatic heterocycles. The molecule has 184 valence electrons. The third-order valence-electron chi connectivity index (χ3n) is 6.69. The van der Waals surface area contributed by atoms with Gasteiger partial charge >= 0.3 is 0 Å². The highest BCUT2D eigenvalue weighted by Gasteiger charge is 2.29. The normalized spacial score (nSPS) is 16.6. The number of nitrogens with one attached hydrogen (secondary N) is 3. The topological polar surface area (TPSA) is 77.2 Å². The molecular formula is C29H29FN4O2.